The zero-order valence-corrected chi connectivity index (χ0v) is 9.56. The second kappa shape index (κ2) is 5.40. The molecule has 0 bridgehead atoms. The number of ether oxygens (including phenoxy) is 1. The summed E-state index contributed by atoms with van der Waals surface area (Å²) in [6.07, 6.45) is 0.411. The fourth-order valence-electron chi connectivity index (χ4n) is 1.23. The highest BCUT2D eigenvalue weighted by atomic mass is 35.5. The van der Waals surface area contributed by atoms with Crippen LogP contribution in [0.25, 0.3) is 0 Å². The van der Waals surface area contributed by atoms with Crippen molar-refractivity contribution in [2.45, 2.75) is 6.92 Å². The number of carbonyl (C=O) groups excluding carboxylic acids is 2. The first-order chi connectivity index (χ1) is 8.01. The van der Waals surface area contributed by atoms with Crippen molar-refractivity contribution in [2.75, 3.05) is 6.61 Å². The first-order valence-corrected chi connectivity index (χ1v) is 4.99. The topological polar surface area (TPSA) is 86.5 Å². The van der Waals surface area contributed by atoms with E-state index in [4.69, 9.17) is 11.6 Å². The highest BCUT2D eigenvalue weighted by Crippen LogP contribution is 2.28. The first kappa shape index (κ1) is 13.1. The van der Waals surface area contributed by atoms with E-state index in [1.165, 1.54) is 6.07 Å². The number of nitro groups is 1. The number of nitrogens with zero attached hydrogens (tertiary/aromatic N) is 1. The van der Waals surface area contributed by atoms with E-state index in [0.717, 1.165) is 6.07 Å². The molecule has 0 aliphatic heterocycles. The summed E-state index contributed by atoms with van der Waals surface area (Å²) in [6, 6.07) is 2.15. The molecule has 0 saturated heterocycles. The van der Waals surface area contributed by atoms with Crippen LogP contribution in [0, 0.1) is 10.1 Å². The van der Waals surface area contributed by atoms with Crippen LogP contribution in [0.4, 0.5) is 5.69 Å². The van der Waals surface area contributed by atoms with Crippen molar-refractivity contribution in [2.24, 2.45) is 0 Å². The Hall–Kier alpha value is -1.95. The predicted molar refractivity (Wildman–Crippen MR) is 59.5 cm³/mol. The Balaban J connectivity index is 3.41. The SMILES string of the molecule is CCOC(=O)c1c(Cl)cc(C=O)cc1[N+](=O)[O-]. The molecule has 1 aromatic carbocycles. The number of nitro benzene ring substituents is 1. The monoisotopic (exact) mass is 257 g/mol. The normalized spacial score (nSPS) is 9.76. The maximum atomic E-state index is 11.5. The van der Waals surface area contributed by atoms with Gasteiger partial charge in [-0.1, -0.05) is 11.6 Å². The molecule has 6 nitrogen and oxygen atoms in total. The predicted octanol–water partition coefficient (Wildman–Crippen LogP) is 2.24. The Kier molecular flexibility index (Phi) is 4.17. The average molecular weight is 258 g/mol. The second-order valence-electron chi connectivity index (χ2n) is 2.99. The lowest BCUT2D eigenvalue weighted by Gasteiger charge is -2.05. The Morgan fingerprint density at radius 3 is 2.71 bits per heavy atom. The van der Waals surface area contributed by atoms with Gasteiger partial charge in [-0.25, -0.2) is 4.79 Å². The number of rotatable bonds is 4. The molecule has 0 amide bonds. The van der Waals surface area contributed by atoms with Crippen molar-refractivity contribution < 1.29 is 19.2 Å². The maximum Gasteiger partial charge on any atom is 0.346 e. The van der Waals surface area contributed by atoms with Crippen molar-refractivity contribution in [3.63, 3.8) is 0 Å². The largest absolute Gasteiger partial charge is 0.462 e. The summed E-state index contributed by atoms with van der Waals surface area (Å²) >= 11 is 5.72. The molecule has 1 rings (SSSR count). The van der Waals surface area contributed by atoms with E-state index in [9.17, 15) is 19.7 Å². The third-order valence-corrected chi connectivity index (χ3v) is 2.20. The van der Waals surface area contributed by atoms with E-state index in [0.29, 0.717) is 6.29 Å². The van der Waals surface area contributed by atoms with E-state index < -0.39 is 16.6 Å². The van der Waals surface area contributed by atoms with Gasteiger partial charge in [0.05, 0.1) is 16.6 Å². The molecule has 90 valence electrons. The molecule has 0 spiro atoms. The molecule has 0 aromatic heterocycles. The highest BCUT2D eigenvalue weighted by Gasteiger charge is 2.25. The summed E-state index contributed by atoms with van der Waals surface area (Å²) in [5, 5.41) is 10.6. The maximum absolute atomic E-state index is 11.5. The van der Waals surface area contributed by atoms with Crippen LogP contribution < -0.4 is 0 Å². The van der Waals surface area contributed by atoms with E-state index >= 15 is 0 Å². The van der Waals surface area contributed by atoms with E-state index in [2.05, 4.69) is 4.74 Å². The minimum Gasteiger partial charge on any atom is -0.462 e. The van der Waals surface area contributed by atoms with Gasteiger partial charge in [-0.3, -0.25) is 14.9 Å². The smallest absolute Gasteiger partial charge is 0.346 e. The molecular weight excluding hydrogens is 250 g/mol. The van der Waals surface area contributed by atoms with Crippen LogP contribution in [-0.4, -0.2) is 23.8 Å². The van der Waals surface area contributed by atoms with E-state index in [-0.39, 0.29) is 22.8 Å². The van der Waals surface area contributed by atoms with Gasteiger partial charge in [0.25, 0.3) is 5.69 Å². The lowest BCUT2D eigenvalue weighted by molar-refractivity contribution is -0.385. The number of esters is 1. The van der Waals surface area contributed by atoms with Gasteiger partial charge in [0, 0.05) is 11.6 Å². The Bertz CT molecular complexity index is 486. The molecule has 0 heterocycles. The summed E-state index contributed by atoms with van der Waals surface area (Å²) < 4.78 is 4.66. The molecule has 17 heavy (non-hydrogen) atoms. The molecule has 0 saturated carbocycles. The van der Waals surface area contributed by atoms with E-state index in [1.54, 1.807) is 6.92 Å². The summed E-state index contributed by atoms with van der Waals surface area (Å²) in [4.78, 5) is 32.0. The van der Waals surface area contributed by atoms with Gasteiger partial charge in [-0.15, -0.1) is 0 Å². The van der Waals surface area contributed by atoms with Gasteiger partial charge in [-0.2, -0.15) is 0 Å². The summed E-state index contributed by atoms with van der Waals surface area (Å²) in [5.41, 5.74) is -0.864. The fourth-order valence-corrected chi connectivity index (χ4v) is 1.53. The fraction of sp³-hybridized carbons (Fsp3) is 0.200. The van der Waals surface area contributed by atoms with Gasteiger partial charge in [0.2, 0.25) is 0 Å². The molecule has 0 aliphatic carbocycles. The molecule has 7 heteroatoms. The van der Waals surface area contributed by atoms with Gasteiger partial charge < -0.3 is 4.74 Å². The number of halogens is 1. The molecule has 0 N–H and O–H groups in total. The number of hydrogen-bond donors (Lipinski definition) is 0. The van der Waals surface area contributed by atoms with Crippen LogP contribution in [0.1, 0.15) is 27.6 Å². The van der Waals surface area contributed by atoms with Crippen molar-refractivity contribution >= 4 is 29.5 Å². The Labute approximate surface area is 101 Å². The molecule has 0 radical (unpaired) electrons. The zero-order valence-electron chi connectivity index (χ0n) is 8.81. The van der Waals surface area contributed by atoms with Gasteiger partial charge in [0.1, 0.15) is 6.29 Å². The molecule has 0 unspecified atom stereocenters. The minimum atomic E-state index is -0.887. The Morgan fingerprint density at radius 2 is 2.24 bits per heavy atom. The number of benzene rings is 1. The van der Waals surface area contributed by atoms with Crippen molar-refractivity contribution in [3.8, 4) is 0 Å². The molecule has 0 atom stereocenters. The molecular formula is C10H8ClNO5. The second-order valence-corrected chi connectivity index (χ2v) is 3.40. The quantitative estimate of drug-likeness (QED) is 0.357. The molecule has 0 fully saturated rings. The number of carbonyl (C=O) groups is 2. The van der Waals surface area contributed by atoms with Gasteiger partial charge in [-0.05, 0) is 13.0 Å². The van der Waals surface area contributed by atoms with Crippen LogP contribution in [0.2, 0.25) is 5.02 Å². The van der Waals surface area contributed by atoms with Crippen LogP contribution in [0.5, 0.6) is 0 Å². The van der Waals surface area contributed by atoms with E-state index in [1.807, 2.05) is 0 Å². The number of aldehydes is 1. The lowest BCUT2D eigenvalue weighted by Crippen LogP contribution is -2.09. The van der Waals surface area contributed by atoms with Crippen LogP contribution in [0.3, 0.4) is 0 Å². The zero-order chi connectivity index (χ0) is 13.0. The minimum absolute atomic E-state index is 0.0229. The van der Waals surface area contributed by atoms with Crippen molar-refractivity contribution in [1.82, 2.24) is 0 Å². The summed E-state index contributed by atoms with van der Waals surface area (Å²) in [5.74, 6) is -0.887. The van der Waals surface area contributed by atoms with Crippen LogP contribution in [0.15, 0.2) is 12.1 Å². The third kappa shape index (κ3) is 2.79. The standard InChI is InChI=1S/C10H8ClNO5/c1-2-17-10(14)9-7(11)3-6(5-13)4-8(9)12(15)16/h3-5H,2H2,1H3. The Morgan fingerprint density at radius 1 is 1.59 bits per heavy atom. The number of hydrogen-bond acceptors (Lipinski definition) is 5. The van der Waals surface area contributed by atoms with Crippen molar-refractivity contribution in [1.29, 1.82) is 0 Å². The van der Waals surface area contributed by atoms with Crippen molar-refractivity contribution in [3.05, 3.63) is 38.4 Å². The molecule has 1 aromatic rings. The van der Waals surface area contributed by atoms with Crippen LogP contribution >= 0.6 is 11.6 Å². The first-order valence-electron chi connectivity index (χ1n) is 4.61. The van der Waals surface area contributed by atoms with Gasteiger partial charge >= 0.3 is 5.97 Å². The molecule has 0 aliphatic rings. The third-order valence-electron chi connectivity index (χ3n) is 1.90. The summed E-state index contributed by atoms with van der Waals surface area (Å²) in [6.45, 7) is 1.64. The lowest BCUT2D eigenvalue weighted by atomic mass is 10.1. The van der Waals surface area contributed by atoms with Crippen LogP contribution in [-0.2, 0) is 4.74 Å². The highest BCUT2D eigenvalue weighted by molar-refractivity contribution is 6.34. The summed E-state index contributed by atoms with van der Waals surface area (Å²) in [7, 11) is 0. The average Bonchev–Trinajstić information content (AvgIpc) is 2.27. The van der Waals surface area contributed by atoms with Gasteiger partial charge in [0.15, 0.2) is 5.56 Å².